The van der Waals surface area contributed by atoms with Crippen molar-refractivity contribution in [2.24, 2.45) is 0 Å². The summed E-state index contributed by atoms with van der Waals surface area (Å²) in [5.41, 5.74) is 1.69. The quantitative estimate of drug-likeness (QED) is 0.892. The van der Waals surface area contributed by atoms with E-state index in [1.54, 1.807) is 11.3 Å². The Hall–Kier alpha value is -1.27. The molecule has 134 valence electrons. The van der Waals surface area contributed by atoms with Crippen LogP contribution >= 0.6 is 11.3 Å². The molecule has 0 saturated carbocycles. The minimum Gasteiger partial charge on any atom is -0.387 e. The van der Waals surface area contributed by atoms with Crippen LogP contribution in [-0.2, 0) is 6.54 Å². The Morgan fingerprint density at radius 3 is 2.64 bits per heavy atom. The van der Waals surface area contributed by atoms with E-state index < -0.39 is 5.60 Å². The van der Waals surface area contributed by atoms with Crippen LogP contribution < -0.4 is 0 Å². The Morgan fingerprint density at radius 2 is 1.84 bits per heavy atom. The lowest BCUT2D eigenvalue weighted by molar-refractivity contribution is 0.00635. The number of aliphatic hydroxyl groups is 1. The van der Waals surface area contributed by atoms with Gasteiger partial charge in [0.1, 0.15) is 5.01 Å². The van der Waals surface area contributed by atoms with Gasteiger partial charge in [0.15, 0.2) is 0 Å². The van der Waals surface area contributed by atoms with Crippen LogP contribution in [0.4, 0.5) is 0 Å². The fourth-order valence-electron chi connectivity index (χ4n) is 4.05. The molecule has 1 aromatic carbocycles. The van der Waals surface area contributed by atoms with Gasteiger partial charge in [-0.15, -0.1) is 11.3 Å². The van der Waals surface area contributed by atoms with Crippen molar-refractivity contribution < 1.29 is 5.11 Å². The highest BCUT2D eigenvalue weighted by Gasteiger charge is 2.37. The first kappa shape index (κ1) is 17.2. The number of piperidine rings is 1. The maximum Gasteiger partial charge on any atom is 0.107 e. The van der Waals surface area contributed by atoms with Crippen LogP contribution in [0.25, 0.3) is 11.3 Å². The fraction of sp³-hybridized carbons (Fsp3) is 0.550. The molecular weight excluding hydrogens is 330 g/mol. The van der Waals surface area contributed by atoms with Gasteiger partial charge in [0, 0.05) is 30.6 Å². The molecule has 1 atom stereocenters. The predicted molar refractivity (Wildman–Crippen MR) is 103 cm³/mol. The van der Waals surface area contributed by atoms with E-state index >= 15 is 0 Å². The van der Waals surface area contributed by atoms with Crippen molar-refractivity contribution in [2.75, 3.05) is 32.7 Å². The van der Waals surface area contributed by atoms with Gasteiger partial charge in [0.2, 0.25) is 0 Å². The Kier molecular flexibility index (Phi) is 5.17. The zero-order chi connectivity index (χ0) is 17.1. The Labute approximate surface area is 154 Å². The highest BCUT2D eigenvalue weighted by Crippen LogP contribution is 2.27. The molecule has 1 N–H and O–H groups in total. The predicted octanol–water partition coefficient (Wildman–Crippen LogP) is 3.23. The molecule has 0 aliphatic carbocycles. The van der Waals surface area contributed by atoms with Crippen molar-refractivity contribution >= 4 is 11.3 Å². The Balaban J connectivity index is 1.34. The van der Waals surface area contributed by atoms with Crippen LogP contribution in [0, 0.1) is 0 Å². The highest BCUT2D eigenvalue weighted by atomic mass is 32.1. The number of thiazole rings is 1. The lowest BCUT2D eigenvalue weighted by Crippen LogP contribution is -2.46. The molecule has 4 rings (SSSR count). The molecule has 2 saturated heterocycles. The first-order chi connectivity index (χ1) is 12.2. The van der Waals surface area contributed by atoms with E-state index in [1.165, 1.54) is 24.8 Å². The standard InChI is InChI=1S/C20H27N3OS/c24-20(15-22-10-5-2-6-11-22)9-12-23(16-20)13-19-21-18(14-25-19)17-7-3-1-4-8-17/h1,3-4,7-8,14,24H,2,5-6,9-13,15-16H2/t20-/m1/s1. The smallest absolute Gasteiger partial charge is 0.107 e. The number of β-amino-alcohol motifs (C(OH)–C–C–N with tert-alkyl or cyclic N) is 1. The van der Waals surface area contributed by atoms with E-state index in [9.17, 15) is 5.11 Å². The molecule has 2 fully saturated rings. The van der Waals surface area contributed by atoms with E-state index in [2.05, 4.69) is 39.4 Å². The second-order valence-electron chi connectivity index (χ2n) is 7.51. The zero-order valence-electron chi connectivity index (χ0n) is 14.7. The topological polar surface area (TPSA) is 39.6 Å². The zero-order valence-corrected chi connectivity index (χ0v) is 15.5. The maximum atomic E-state index is 11.0. The highest BCUT2D eigenvalue weighted by molar-refractivity contribution is 7.09. The summed E-state index contributed by atoms with van der Waals surface area (Å²) in [6.45, 7) is 5.70. The largest absolute Gasteiger partial charge is 0.387 e. The van der Waals surface area contributed by atoms with E-state index in [1.807, 2.05) is 6.07 Å². The number of aromatic nitrogens is 1. The summed E-state index contributed by atoms with van der Waals surface area (Å²) in [5.74, 6) is 0. The van der Waals surface area contributed by atoms with Crippen molar-refractivity contribution in [3.8, 4) is 11.3 Å². The van der Waals surface area contributed by atoms with E-state index in [0.29, 0.717) is 0 Å². The van der Waals surface area contributed by atoms with Crippen molar-refractivity contribution in [1.29, 1.82) is 0 Å². The van der Waals surface area contributed by atoms with Gasteiger partial charge in [-0.3, -0.25) is 4.90 Å². The van der Waals surface area contributed by atoms with Crippen molar-refractivity contribution in [3.05, 3.63) is 40.7 Å². The lowest BCUT2D eigenvalue weighted by Gasteiger charge is -2.33. The van der Waals surface area contributed by atoms with Crippen LogP contribution in [-0.4, -0.2) is 58.2 Å². The summed E-state index contributed by atoms with van der Waals surface area (Å²) in [6.07, 6.45) is 4.78. The number of likely N-dealkylation sites (tertiary alicyclic amines) is 2. The molecule has 0 spiro atoms. The van der Waals surface area contributed by atoms with Gasteiger partial charge in [0.25, 0.3) is 0 Å². The van der Waals surface area contributed by atoms with Gasteiger partial charge in [-0.2, -0.15) is 0 Å². The second-order valence-corrected chi connectivity index (χ2v) is 8.46. The number of rotatable bonds is 5. The summed E-state index contributed by atoms with van der Waals surface area (Å²) in [4.78, 5) is 9.60. The molecular formula is C20H27N3OS. The summed E-state index contributed by atoms with van der Waals surface area (Å²) in [7, 11) is 0. The summed E-state index contributed by atoms with van der Waals surface area (Å²) in [5, 5.41) is 14.3. The second kappa shape index (κ2) is 7.54. The monoisotopic (exact) mass is 357 g/mol. The molecule has 25 heavy (non-hydrogen) atoms. The van der Waals surface area contributed by atoms with Crippen LogP contribution in [0.2, 0.25) is 0 Å². The minimum atomic E-state index is -0.545. The van der Waals surface area contributed by atoms with Gasteiger partial charge in [0.05, 0.1) is 17.8 Å². The van der Waals surface area contributed by atoms with Gasteiger partial charge < -0.3 is 10.0 Å². The van der Waals surface area contributed by atoms with E-state index in [-0.39, 0.29) is 0 Å². The average molecular weight is 358 g/mol. The number of hydrogen-bond donors (Lipinski definition) is 1. The minimum absolute atomic E-state index is 0.545. The average Bonchev–Trinajstić information content (AvgIpc) is 3.24. The number of benzene rings is 1. The van der Waals surface area contributed by atoms with Crippen LogP contribution in [0.1, 0.15) is 30.7 Å². The molecule has 2 aromatic rings. The molecule has 5 heteroatoms. The van der Waals surface area contributed by atoms with Crippen LogP contribution in [0.5, 0.6) is 0 Å². The third-order valence-corrected chi connectivity index (χ3v) is 6.19. The normalized spacial score (nSPS) is 25.5. The van der Waals surface area contributed by atoms with E-state index in [4.69, 9.17) is 4.98 Å². The van der Waals surface area contributed by atoms with Gasteiger partial charge in [-0.25, -0.2) is 4.98 Å². The Morgan fingerprint density at radius 1 is 1.04 bits per heavy atom. The molecule has 0 unspecified atom stereocenters. The van der Waals surface area contributed by atoms with Crippen molar-refractivity contribution in [2.45, 2.75) is 37.8 Å². The van der Waals surface area contributed by atoms with Crippen molar-refractivity contribution in [3.63, 3.8) is 0 Å². The molecule has 0 amide bonds. The van der Waals surface area contributed by atoms with Gasteiger partial charge in [-0.1, -0.05) is 36.8 Å². The van der Waals surface area contributed by atoms with Gasteiger partial charge >= 0.3 is 0 Å². The number of hydrogen-bond acceptors (Lipinski definition) is 5. The van der Waals surface area contributed by atoms with Crippen LogP contribution in [0.3, 0.4) is 0 Å². The third-order valence-electron chi connectivity index (χ3n) is 5.36. The molecule has 2 aliphatic heterocycles. The summed E-state index contributed by atoms with van der Waals surface area (Å²) >= 11 is 1.72. The van der Waals surface area contributed by atoms with Crippen molar-refractivity contribution in [1.82, 2.24) is 14.8 Å². The maximum absolute atomic E-state index is 11.0. The SMILES string of the molecule is O[C@@]1(CN2CCCCC2)CCN(Cc2nc(-c3ccccc3)cs2)C1. The summed E-state index contributed by atoms with van der Waals surface area (Å²) in [6, 6.07) is 10.3. The molecule has 0 bridgehead atoms. The van der Waals surface area contributed by atoms with Gasteiger partial charge in [-0.05, 0) is 32.4 Å². The third kappa shape index (κ3) is 4.29. The van der Waals surface area contributed by atoms with E-state index in [0.717, 1.165) is 56.4 Å². The first-order valence-electron chi connectivity index (χ1n) is 9.37. The fourth-order valence-corrected chi connectivity index (χ4v) is 4.90. The Bertz CT molecular complexity index is 683. The number of nitrogens with zero attached hydrogens (tertiary/aromatic N) is 3. The first-order valence-corrected chi connectivity index (χ1v) is 10.3. The molecule has 3 heterocycles. The molecule has 4 nitrogen and oxygen atoms in total. The van der Waals surface area contributed by atoms with Crippen LogP contribution in [0.15, 0.2) is 35.7 Å². The molecule has 2 aliphatic rings. The molecule has 1 aromatic heterocycles. The summed E-state index contributed by atoms with van der Waals surface area (Å²) < 4.78 is 0. The lowest BCUT2D eigenvalue weighted by atomic mass is 10.0. The molecule has 0 radical (unpaired) electrons.